The average molecular weight is 416 g/mol. The standard InChI is InChI=1S/C20H18ClN3O3S/c1-3-13-6-8-14(9-7-13)16-11-28-20(23-16)24-18(25)12(2)27-19(26)15-5-4-10-22-17(15)21/h4-12H,3H2,1-2H3,(H,23,24,25). The number of rotatable bonds is 6. The van der Waals surface area contributed by atoms with Crippen LogP contribution in [0.1, 0.15) is 29.8 Å². The zero-order chi connectivity index (χ0) is 20.1. The van der Waals surface area contributed by atoms with Gasteiger partial charge in [0.25, 0.3) is 5.91 Å². The fourth-order valence-corrected chi connectivity index (χ4v) is 3.32. The molecule has 0 spiro atoms. The Hall–Kier alpha value is -2.77. The molecule has 3 aromatic rings. The molecule has 1 amide bonds. The first kappa shape index (κ1) is 20.0. The number of aryl methyl sites for hydroxylation is 1. The number of hydrogen-bond acceptors (Lipinski definition) is 6. The number of esters is 1. The highest BCUT2D eigenvalue weighted by Crippen LogP contribution is 2.25. The van der Waals surface area contributed by atoms with Crippen LogP contribution >= 0.6 is 22.9 Å². The summed E-state index contributed by atoms with van der Waals surface area (Å²) < 4.78 is 5.17. The van der Waals surface area contributed by atoms with Crippen LogP contribution in [0.5, 0.6) is 0 Å². The molecule has 1 N–H and O–H groups in total. The summed E-state index contributed by atoms with van der Waals surface area (Å²) in [5.74, 6) is -1.19. The minimum Gasteiger partial charge on any atom is -0.449 e. The number of pyridine rings is 1. The normalized spacial score (nSPS) is 11.7. The monoisotopic (exact) mass is 415 g/mol. The van der Waals surface area contributed by atoms with Crippen LogP contribution in [0.2, 0.25) is 5.15 Å². The zero-order valence-electron chi connectivity index (χ0n) is 15.3. The number of carbonyl (C=O) groups excluding carboxylic acids is 2. The van der Waals surface area contributed by atoms with E-state index in [1.165, 1.54) is 36.1 Å². The predicted octanol–water partition coefficient (Wildman–Crippen LogP) is 4.60. The first-order valence-electron chi connectivity index (χ1n) is 8.65. The van der Waals surface area contributed by atoms with E-state index in [1.807, 2.05) is 17.5 Å². The Bertz CT molecular complexity index is 988. The second-order valence-corrected chi connectivity index (χ2v) is 7.18. The van der Waals surface area contributed by atoms with Gasteiger partial charge < -0.3 is 4.74 Å². The number of halogens is 1. The molecule has 0 bridgehead atoms. The molecule has 28 heavy (non-hydrogen) atoms. The lowest BCUT2D eigenvalue weighted by molar-refractivity contribution is -0.123. The van der Waals surface area contributed by atoms with Crippen molar-refractivity contribution in [2.75, 3.05) is 5.32 Å². The van der Waals surface area contributed by atoms with Crippen molar-refractivity contribution in [3.8, 4) is 11.3 Å². The van der Waals surface area contributed by atoms with Gasteiger partial charge in [0, 0.05) is 17.1 Å². The number of nitrogens with one attached hydrogen (secondary N) is 1. The molecule has 144 valence electrons. The van der Waals surface area contributed by atoms with Gasteiger partial charge in [-0.2, -0.15) is 0 Å². The Morgan fingerprint density at radius 3 is 2.68 bits per heavy atom. The molecule has 0 aliphatic rings. The molecule has 0 saturated carbocycles. The fourth-order valence-electron chi connectivity index (χ4n) is 2.40. The van der Waals surface area contributed by atoms with Gasteiger partial charge in [-0.25, -0.2) is 14.8 Å². The van der Waals surface area contributed by atoms with Crippen molar-refractivity contribution in [1.29, 1.82) is 0 Å². The molecule has 0 aliphatic carbocycles. The number of thiazole rings is 1. The Morgan fingerprint density at radius 2 is 2.00 bits per heavy atom. The van der Waals surface area contributed by atoms with Crippen LogP contribution in [0.15, 0.2) is 48.0 Å². The third-order valence-corrected chi connectivity index (χ3v) is 5.08. The van der Waals surface area contributed by atoms with Crippen LogP contribution in [0, 0.1) is 0 Å². The molecule has 8 heteroatoms. The Kier molecular flexibility index (Phi) is 6.38. The second-order valence-electron chi connectivity index (χ2n) is 5.97. The number of benzene rings is 1. The van der Waals surface area contributed by atoms with E-state index in [0.717, 1.165) is 17.7 Å². The van der Waals surface area contributed by atoms with E-state index < -0.39 is 18.0 Å². The molecule has 3 rings (SSSR count). The van der Waals surface area contributed by atoms with Crippen LogP contribution in [-0.4, -0.2) is 27.9 Å². The van der Waals surface area contributed by atoms with Crippen molar-refractivity contribution >= 4 is 39.9 Å². The fraction of sp³-hybridized carbons (Fsp3) is 0.200. The van der Waals surface area contributed by atoms with E-state index in [4.69, 9.17) is 16.3 Å². The lowest BCUT2D eigenvalue weighted by atomic mass is 10.1. The molecular formula is C20H18ClN3O3S. The first-order valence-corrected chi connectivity index (χ1v) is 9.91. The summed E-state index contributed by atoms with van der Waals surface area (Å²) in [6, 6.07) is 11.2. The molecular weight excluding hydrogens is 398 g/mol. The molecule has 0 fully saturated rings. The molecule has 1 atom stereocenters. The highest BCUT2D eigenvalue weighted by atomic mass is 35.5. The van der Waals surface area contributed by atoms with Crippen molar-refractivity contribution in [3.63, 3.8) is 0 Å². The smallest absolute Gasteiger partial charge is 0.342 e. The second kappa shape index (κ2) is 8.95. The third kappa shape index (κ3) is 4.74. The number of hydrogen-bond donors (Lipinski definition) is 1. The predicted molar refractivity (Wildman–Crippen MR) is 110 cm³/mol. The lowest BCUT2D eigenvalue weighted by Gasteiger charge is -2.12. The topological polar surface area (TPSA) is 81.2 Å². The maximum Gasteiger partial charge on any atom is 0.342 e. The van der Waals surface area contributed by atoms with E-state index in [2.05, 4.69) is 34.3 Å². The average Bonchev–Trinajstić information content (AvgIpc) is 3.16. The minimum absolute atomic E-state index is 0.0266. The van der Waals surface area contributed by atoms with Crippen molar-refractivity contribution in [3.05, 3.63) is 64.3 Å². The molecule has 0 radical (unpaired) electrons. The van der Waals surface area contributed by atoms with Gasteiger partial charge in [-0.05, 0) is 31.0 Å². The van der Waals surface area contributed by atoms with Gasteiger partial charge in [0.05, 0.1) is 11.3 Å². The first-order chi connectivity index (χ1) is 13.5. The maximum atomic E-state index is 12.3. The van der Waals surface area contributed by atoms with E-state index in [0.29, 0.717) is 5.13 Å². The molecule has 0 aliphatic heterocycles. The van der Waals surface area contributed by atoms with Crippen LogP contribution in [0.3, 0.4) is 0 Å². The van der Waals surface area contributed by atoms with Gasteiger partial charge in [0.1, 0.15) is 5.15 Å². The summed E-state index contributed by atoms with van der Waals surface area (Å²) in [4.78, 5) is 32.7. The van der Waals surface area contributed by atoms with Gasteiger partial charge in [-0.3, -0.25) is 10.1 Å². The van der Waals surface area contributed by atoms with Gasteiger partial charge in [-0.15, -0.1) is 11.3 Å². The minimum atomic E-state index is -1.01. The molecule has 6 nitrogen and oxygen atoms in total. The van der Waals surface area contributed by atoms with Crippen molar-refractivity contribution in [1.82, 2.24) is 9.97 Å². The number of amides is 1. The SMILES string of the molecule is CCc1ccc(-c2csc(NC(=O)C(C)OC(=O)c3cccnc3Cl)n2)cc1. The molecule has 2 heterocycles. The number of aromatic nitrogens is 2. The highest BCUT2D eigenvalue weighted by molar-refractivity contribution is 7.14. The van der Waals surface area contributed by atoms with E-state index >= 15 is 0 Å². The van der Waals surface area contributed by atoms with Gasteiger partial charge in [-0.1, -0.05) is 42.8 Å². The zero-order valence-corrected chi connectivity index (χ0v) is 16.9. The molecule has 0 saturated heterocycles. The van der Waals surface area contributed by atoms with Crippen molar-refractivity contribution in [2.45, 2.75) is 26.4 Å². The summed E-state index contributed by atoms with van der Waals surface area (Å²) >= 11 is 7.17. The molecule has 1 unspecified atom stereocenters. The van der Waals surface area contributed by atoms with Crippen LogP contribution in [-0.2, 0) is 16.0 Å². The number of ether oxygens (including phenoxy) is 1. The Balaban J connectivity index is 1.62. The number of carbonyl (C=O) groups is 2. The number of nitrogens with zero attached hydrogens (tertiary/aromatic N) is 2. The summed E-state index contributed by atoms with van der Waals surface area (Å²) in [5.41, 5.74) is 3.10. The highest BCUT2D eigenvalue weighted by Gasteiger charge is 2.21. The Labute approximate surface area is 171 Å². The quantitative estimate of drug-likeness (QED) is 0.469. The number of anilines is 1. The van der Waals surface area contributed by atoms with Crippen LogP contribution in [0.25, 0.3) is 11.3 Å². The maximum absolute atomic E-state index is 12.3. The lowest BCUT2D eigenvalue weighted by Crippen LogP contribution is -2.30. The van der Waals surface area contributed by atoms with E-state index in [9.17, 15) is 9.59 Å². The molecule has 1 aromatic carbocycles. The van der Waals surface area contributed by atoms with Crippen LogP contribution in [0.4, 0.5) is 5.13 Å². The summed E-state index contributed by atoms with van der Waals surface area (Å²) in [7, 11) is 0. The third-order valence-electron chi connectivity index (χ3n) is 4.02. The summed E-state index contributed by atoms with van der Waals surface area (Å²) in [5, 5.41) is 4.99. The van der Waals surface area contributed by atoms with Gasteiger partial charge >= 0.3 is 5.97 Å². The molecule has 2 aromatic heterocycles. The van der Waals surface area contributed by atoms with Crippen molar-refractivity contribution < 1.29 is 14.3 Å². The van der Waals surface area contributed by atoms with E-state index in [1.54, 1.807) is 6.07 Å². The summed E-state index contributed by atoms with van der Waals surface area (Å²) in [6.45, 7) is 3.58. The Morgan fingerprint density at radius 1 is 1.25 bits per heavy atom. The van der Waals surface area contributed by atoms with E-state index in [-0.39, 0.29) is 10.7 Å². The van der Waals surface area contributed by atoms with Gasteiger partial charge in [0.2, 0.25) is 0 Å². The summed E-state index contributed by atoms with van der Waals surface area (Å²) in [6.07, 6.45) is 1.42. The van der Waals surface area contributed by atoms with Crippen LogP contribution < -0.4 is 5.32 Å². The van der Waals surface area contributed by atoms with Crippen molar-refractivity contribution in [2.24, 2.45) is 0 Å². The van der Waals surface area contributed by atoms with Gasteiger partial charge in [0.15, 0.2) is 11.2 Å². The largest absolute Gasteiger partial charge is 0.449 e.